The molecule has 4 N–H and O–H groups in total. The Balaban J connectivity index is 2.26. The Morgan fingerprint density at radius 2 is 2.00 bits per heavy atom. The lowest BCUT2D eigenvalue weighted by molar-refractivity contribution is 0.316. The number of benzene rings is 1. The molecule has 0 bridgehead atoms. The van der Waals surface area contributed by atoms with E-state index in [4.69, 9.17) is 10.9 Å². The standard InChI is InChI=1S/C14H23N3O/c1-2-3-5-12-7-9-13(10-8-12)16-11-4-6-14(15)17-18/h7-10,16,18H,2-6,11H2,1H3,(H2,15,17). The highest BCUT2D eigenvalue weighted by atomic mass is 16.4. The molecule has 0 atom stereocenters. The molecule has 0 aliphatic carbocycles. The molecule has 0 heterocycles. The molecule has 1 aromatic rings. The number of amidine groups is 1. The lowest BCUT2D eigenvalue weighted by Crippen LogP contribution is -2.13. The van der Waals surface area contributed by atoms with Crippen LogP contribution in [0.25, 0.3) is 0 Å². The van der Waals surface area contributed by atoms with Gasteiger partial charge in [0.2, 0.25) is 0 Å². The van der Waals surface area contributed by atoms with Crippen molar-refractivity contribution < 1.29 is 5.21 Å². The molecule has 100 valence electrons. The zero-order valence-electron chi connectivity index (χ0n) is 11.0. The van der Waals surface area contributed by atoms with Crippen molar-refractivity contribution in [3.63, 3.8) is 0 Å². The van der Waals surface area contributed by atoms with Gasteiger partial charge in [0.1, 0.15) is 5.84 Å². The first kappa shape index (κ1) is 14.4. The number of unbranched alkanes of at least 4 members (excludes halogenated alkanes) is 1. The van der Waals surface area contributed by atoms with Crippen LogP contribution >= 0.6 is 0 Å². The molecule has 0 unspecified atom stereocenters. The molecule has 0 amide bonds. The van der Waals surface area contributed by atoms with E-state index >= 15 is 0 Å². The lowest BCUT2D eigenvalue weighted by Gasteiger charge is -2.07. The van der Waals surface area contributed by atoms with Crippen molar-refractivity contribution in [2.24, 2.45) is 10.9 Å². The second kappa shape index (κ2) is 8.39. The van der Waals surface area contributed by atoms with Crippen LogP contribution in [-0.2, 0) is 6.42 Å². The zero-order valence-corrected chi connectivity index (χ0v) is 11.0. The summed E-state index contributed by atoms with van der Waals surface area (Å²) < 4.78 is 0. The zero-order chi connectivity index (χ0) is 13.2. The summed E-state index contributed by atoms with van der Waals surface area (Å²) in [6.45, 7) is 3.03. The summed E-state index contributed by atoms with van der Waals surface area (Å²) in [5.74, 6) is 0.284. The fourth-order valence-electron chi connectivity index (χ4n) is 1.72. The van der Waals surface area contributed by atoms with E-state index in [1.54, 1.807) is 0 Å². The molecule has 18 heavy (non-hydrogen) atoms. The highest BCUT2D eigenvalue weighted by Crippen LogP contribution is 2.11. The van der Waals surface area contributed by atoms with Gasteiger partial charge in [-0.2, -0.15) is 0 Å². The summed E-state index contributed by atoms with van der Waals surface area (Å²) in [5.41, 5.74) is 7.90. The van der Waals surface area contributed by atoms with E-state index in [2.05, 4.69) is 41.7 Å². The number of nitrogens with one attached hydrogen (secondary N) is 1. The highest BCUT2D eigenvalue weighted by Gasteiger charge is 1.96. The summed E-state index contributed by atoms with van der Waals surface area (Å²) in [6, 6.07) is 8.55. The summed E-state index contributed by atoms with van der Waals surface area (Å²) in [7, 11) is 0. The van der Waals surface area contributed by atoms with Crippen LogP contribution in [0.1, 0.15) is 38.2 Å². The highest BCUT2D eigenvalue weighted by molar-refractivity contribution is 5.79. The van der Waals surface area contributed by atoms with E-state index in [9.17, 15) is 0 Å². The predicted molar refractivity (Wildman–Crippen MR) is 76.2 cm³/mol. The molecular weight excluding hydrogens is 226 g/mol. The maximum Gasteiger partial charge on any atom is 0.139 e. The third kappa shape index (κ3) is 5.57. The molecule has 0 aliphatic rings. The first-order valence-electron chi connectivity index (χ1n) is 6.55. The number of anilines is 1. The molecule has 0 aliphatic heterocycles. The van der Waals surface area contributed by atoms with Crippen molar-refractivity contribution in [3.05, 3.63) is 29.8 Å². The summed E-state index contributed by atoms with van der Waals surface area (Å²) in [6.07, 6.45) is 5.09. The van der Waals surface area contributed by atoms with Gasteiger partial charge in [0, 0.05) is 18.7 Å². The van der Waals surface area contributed by atoms with Gasteiger partial charge in [-0.1, -0.05) is 30.6 Å². The number of nitrogens with zero attached hydrogens (tertiary/aromatic N) is 1. The minimum atomic E-state index is 0.284. The van der Waals surface area contributed by atoms with Crippen LogP contribution in [0.15, 0.2) is 29.4 Å². The van der Waals surface area contributed by atoms with Gasteiger partial charge in [-0.3, -0.25) is 0 Å². The molecule has 0 saturated carbocycles. The average Bonchev–Trinajstić information content (AvgIpc) is 2.42. The van der Waals surface area contributed by atoms with Crippen molar-refractivity contribution in [3.8, 4) is 0 Å². The van der Waals surface area contributed by atoms with Gasteiger partial charge in [-0.15, -0.1) is 0 Å². The molecule has 0 spiro atoms. The van der Waals surface area contributed by atoms with Crippen LogP contribution in [-0.4, -0.2) is 17.6 Å². The van der Waals surface area contributed by atoms with Crippen LogP contribution in [0, 0.1) is 0 Å². The van der Waals surface area contributed by atoms with Gasteiger partial charge in [0.15, 0.2) is 0 Å². The number of nitrogens with two attached hydrogens (primary N) is 1. The Hall–Kier alpha value is -1.71. The van der Waals surface area contributed by atoms with Gasteiger partial charge in [0.25, 0.3) is 0 Å². The molecule has 0 saturated heterocycles. The van der Waals surface area contributed by atoms with Crippen molar-refractivity contribution in [2.75, 3.05) is 11.9 Å². The largest absolute Gasteiger partial charge is 0.409 e. The Kier molecular flexibility index (Phi) is 6.69. The SMILES string of the molecule is CCCCc1ccc(NCCCC(N)=NO)cc1. The van der Waals surface area contributed by atoms with Crippen LogP contribution in [0.2, 0.25) is 0 Å². The Morgan fingerprint density at radius 3 is 2.61 bits per heavy atom. The van der Waals surface area contributed by atoms with E-state index < -0.39 is 0 Å². The maximum atomic E-state index is 8.40. The summed E-state index contributed by atoms with van der Waals surface area (Å²) in [4.78, 5) is 0. The molecule has 0 aromatic heterocycles. The topological polar surface area (TPSA) is 70.6 Å². The second-order valence-corrected chi connectivity index (χ2v) is 4.42. The van der Waals surface area contributed by atoms with Crippen molar-refractivity contribution >= 4 is 11.5 Å². The normalized spacial score (nSPS) is 11.5. The van der Waals surface area contributed by atoms with Gasteiger partial charge in [-0.05, 0) is 37.0 Å². The number of aryl methyl sites for hydroxylation is 1. The van der Waals surface area contributed by atoms with Gasteiger partial charge in [-0.25, -0.2) is 0 Å². The fourth-order valence-corrected chi connectivity index (χ4v) is 1.72. The molecule has 1 rings (SSSR count). The third-order valence-corrected chi connectivity index (χ3v) is 2.84. The Labute approximate surface area is 109 Å². The molecular formula is C14H23N3O. The molecule has 4 nitrogen and oxygen atoms in total. The third-order valence-electron chi connectivity index (χ3n) is 2.84. The average molecular weight is 249 g/mol. The van der Waals surface area contributed by atoms with E-state index in [0.717, 1.165) is 25.1 Å². The fraction of sp³-hybridized carbons (Fsp3) is 0.500. The molecule has 4 heteroatoms. The minimum Gasteiger partial charge on any atom is -0.409 e. The first-order valence-corrected chi connectivity index (χ1v) is 6.55. The Morgan fingerprint density at radius 1 is 1.28 bits per heavy atom. The van der Waals surface area contributed by atoms with Crippen LogP contribution in [0.5, 0.6) is 0 Å². The van der Waals surface area contributed by atoms with Crippen molar-refractivity contribution in [1.82, 2.24) is 0 Å². The van der Waals surface area contributed by atoms with Gasteiger partial charge >= 0.3 is 0 Å². The van der Waals surface area contributed by atoms with Crippen LogP contribution in [0.4, 0.5) is 5.69 Å². The summed E-state index contributed by atoms with van der Waals surface area (Å²) >= 11 is 0. The summed E-state index contributed by atoms with van der Waals surface area (Å²) in [5, 5.41) is 14.7. The smallest absolute Gasteiger partial charge is 0.139 e. The molecule has 0 radical (unpaired) electrons. The minimum absolute atomic E-state index is 0.284. The molecule has 0 fully saturated rings. The number of oxime groups is 1. The lowest BCUT2D eigenvalue weighted by atomic mass is 10.1. The van der Waals surface area contributed by atoms with Crippen LogP contribution < -0.4 is 11.1 Å². The number of rotatable bonds is 8. The van der Waals surface area contributed by atoms with Crippen molar-refractivity contribution in [1.29, 1.82) is 0 Å². The first-order chi connectivity index (χ1) is 8.76. The Bertz CT molecular complexity index is 360. The van der Waals surface area contributed by atoms with E-state index in [-0.39, 0.29) is 5.84 Å². The predicted octanol–water partition coefficient (Wildman–Crippen LogP) is 2.97. The van der Waals surface area contributed by atoms with E-state index in [1.807, 2.05) is 0 Å². The maximum absolute atomic E-state index is 8.40. The monoisotopic (exact) mass is 249 g/mol. The number of hydrogen-bond acceptors (Lipinski definition) is 3. The van der Waals surface area contributed by atoms with Gasteiger partial charge in [0.05, 0.1) is 0 Å². The van der Waals surface area contributed by atoms with E-state index in [0.29, 0.717) is 6.42 Å². The van der Waals surface area contributed by atoms with Crippen LogP contribution in [0.3, 0.4) is 0 Å². The van der Waals surface area contributed by atoms with Gasteiger partial charge < -0.3 is 16.3 Å². The van der Waals surface area contributed by atoms with E-state index in [1.165, 1.54) is 18.4 Å². The second-order valence-electron chi connectivity index (χ2n) is 4.42. The quantitative estimate of drug-likeness (QED) is 0.218. The number of hydrogen-bond donors (Lipinski definition) is 3. The molecule has 1 aromatic carbocycles. The van der Waals surface area contributed by atoms with Crippen molar-refractivity contribution in [2.45, 2.75) is 39.0 Å².